The van der Waals surface area contributed by atoms with Gasteiger partial charge in [0, 0.05) is 13.5 Å². The summed E-state index contributed by atoms with van der Waals surface area (Å²) in [6.45, 7) is 8.64. The third kappa shape index (κ3) is 3.85. The number of amides is 1. The Balaban J connectivity index is 2.37. The lowest BCUT2D eigenvalue weighted by molar-refractivity contribution is -0.126. The van der Waals surface area contributed by atoms with Crippen LogP contribution in [-0.4, -0.2) is 34.1 Å². The summed E-state index contributed by atoms with van der Waals surface area (Å²) in [4.78, 5) is 13.6. The fourth-order valence-electron chi connectivity index (χ4n) is 2.99. The number of thioether (sulfide) groups is 1. The van der Waals surface area contributed by atoms with E-state index in [1.807, 2.05) is 11.9 Å². The molecule has 0 bridgehead atoms. The first-order valence-corrected chi connectivity index (χ1v) is 9.66. The molecular formula is C19H29NO2S. The third-order valence-corrected chi connectivity index (χ3v) is 6.43. The van der Waals surface area contributed by atoms with Gasteiger partial charge in [-0.1, -0.05) is 39.8 Å². The molecule has 0 aliphatic carbocycles. The molecule has 3 nitrogen and oxygen atoms in total. The first-order valence-electron chi connectivity index (χ1n) is 8.61. The van der Waals surface area contributed by atoms with Gasteiger partial charge in [0.2, 0.25) is 5.91 Å². The van der Waals surface area contributed by atoms with E-state index >= 15 is 0 Å². The van der Waals surface area contributed by atoms with Gasteiger partial charge in [0.05, 0.1) is 11.1 Å². The van der Waals surface area contributed by atoms with E-state index in [0.717, 1.165) is 30.4 Å². The van der Waals surface area contributed by atoms with Crippen LogP contribution in [0.25, 0.3) is 0 Å². The van der Waals surface area contributed by atoms with Crippen LogP contribution in [-0.2, 0) is 11.2 Å². The summed E-state index contributed by atoms with van der Waals surface area (Å²) >= 11 is 1.71. The van der Waals surface area contributed by atoms with E-state index < -0.39 is 0 Å². The SMILES string of the molecule is CCC(C)c1cc(CC2SCC(=O)N2C)cc(C(C)CC)c1O. The van der Waals surface area contributed by atoms with E-state index in [0.29, 0.717) is 23.3 Å². The molecule has 1 fully saturated rings. The number of phenols is 1. The first kappa shape index (κ1) is 18.2. The van der Waals surface area contributed by atoms with Crippen LogP contribution in [0.15, 0.2) is 12.1 Å². The van der Waals surface area contributed by atoms with Crippen LogP contribution in [0, 0.1) is 0 Å². The Bertz CT molecular complexity index is 541. The van der Waals surface area contributed by atoms with Crippen LogP contribution in [0.1, 0.15) is 69.1 Å². The van der Waals surface area contributed by atoms with Gasteiger partial charge in [0.15, 0.2) is 0 Å². The smallest absolute Gasteiger partial charge is 0.233 e. The van der Waals surface area contributed by atoms with Crippen molar-refractivity contribution < 1.29 is 9.90 Å². The first-order chi connectivity index (χ1) is 10.9. The molecule has 1 aromatic carbocycles. The molecule has 0 spiro atoms. The zero-order valence-corrected chi connectivity index (χ0v) is 15.7. The zero-order chi connectivity index (χ0) is 17.1. The molecule has 23 heavy (non-hydrogen) atoms. The highest BCUT2D eigenvalue weighted by atomic mass is 32.2. The minimum Gasteiger partial charge on any atom is -0.507 e. The van der Waals surface area contributed by atoms with E-state index in [4.69, 9.17) is 0 Å². The highest BCUT2D eigenvalue weighted by Crippen LogP contribution is 2.38. The molecule has 0 saturated carbocycles. The molecule has 0 radical (unpaired) electrons. The Morgan fingerprint density at radius 3 is 2.13 bits per heavy atom. The van der Waals surface area contributed by atoms with E-state index in [9.17, 15) is 9.90 Å². The number of hydrogen-bond acceptors (Lipinski definition) is 3. The topological polar surface area (TPSA) is 40.5 Å². The highest BCUT2D eigenvalue weighted by Gasteiger charge is 2.29. The van der Waals surface area contributed by atoms with Gasteiger partial charge in [-0.25, -0.2) is 0 Å². The van der Waals surface area contributed by atoms with Crippen LogP contribution >= 0.6 is 11.8 Å². The average Bonchev–Trinajstić information content (AvgIpc) is 2.86. The number of hydrogen-bond donors (Lipinski definition) is 1. The largest absolute Gasteiger partial charge is 0.507 e. The van der Waals surface area contributed by atoms with Gasteiger partial charge < -0.3 is 10.0 Å². The quantitative estimate of drug-likeness (QED) is 0.832. The van der Waals surface area contributed by atoms with Crippen molar-refractivity contribution in [2.75, 3.05) is 12.8 Å². The second-order valence-electron chi connectivity index (χ2n) is 6.72. The van der Waals surface area contributed by atoms with Gasteiger partial charge in [-0.3, -0.25) is 4.79 Å². The highest BCUT2D eigenvalue weighted by molar-refractivity contribution is 8.00. The lowest BCUT2D eigenvalue weighted by Gasteiger charge is -2.23. The molecule has 0 aromatic heterocycles. The molecule has 128 valence electrons. The second-order valence-corrected chi connectivity index (χ2v) is 7.88. The fraction of sp³-hybridized carbons (Fsp3) is 0.632. The molecule has 1 amide bonds. The molecule has 1 N–H and O–H groups in total. The number of nitrogens with zero attached hydrogens (tertiary/aromatic N) is 1. The number of rotatable bonds is 6. The summed E-state index contributed by atoms with van der Waals surface area (Å²) in [5, 5.41) is 10.9. The van der Waals surface area contributed by atoms with Gasteiger partial charge in [0.1, 0.15) is 5.75 Å². The zero-order valence-electron chi connectivity index (χ0n) is 14.9. The lowest BCUT2D eigenvalue weighted by Crippen LogP contribution is -2.29. The van der Waals surface area contributed by atoms with E-state index in [1.165, 1.54) is 5.56 Å². The maximum atomic E-state index is 11.7. The van der Waals surface area contributed by atoms with Crippen molar-refractivity contribution >= 4 is 17.7 Å². The molecule has 2 rings (SSSR count). The maximum absolute atomic E-state index is 11.7. The van der Waals surface area contributed by atoms with Crippen LogP contribution in [0.3, 0.4) is 0 Å². The van der Waals surface area contributed by atoms with E-state index in [2.05, 4.69) is 39.8 Å². The molecule has 1 aliphatic rings. The summed E-state index contributed by atoms with van der Waals surface area (Å²) < 4.78 is 0. The molecular weight excluding hydrogens is 306 g/mol. The molecule has 1 aromatic rings. The number of phenolic OH excluding ortho intramolecular Hbond substituents is 1. The molecule has 3 unspecified atom stereocenters. The fourth-order valence-corrected chi connectivity index (χ4v) is 4.18. The van der Waals surface area contributed by atoms with Gasteiger partial charge in [0.25, 0.3) is 0 Å². The Hall–Kier alpha value is -1.16. The van der Waals surface area contributed by atoms with E-state index in [-0.39, 0.29) is 11.3 Å². The minimum absolute atomic E-state index is 0.210. The monoisotopic (exact) mass is 335 g/mol. The van der Waals surface area contributed by atoms with Crippen LogP contribution in [0.4, 0.5) is 0 Å². The minimum atomic E-state index is 0.210. The van der Waals surface area contributed by atoms with Crippen molar-refractivity contribution in [1.29, 1.82) is 0 Å². The van der Waals surface area contributed by atoms with Gasteiger partial charge in [-0.05, 0) is 41.4 Å². The summed E-state index contributed by atoms with van der Waals surface area (Å²) in [6.07, 6.45) is 2.86. The number of likely N-dealkylation sites (N-methyl/N-ethyl adjacent to an activating group) is 1. The van der Waals surface area contributed by atoms with Gasteiger partial charge in [-0.15, -0.1) is 11.8 Å². The Morgan fingerprint density at radius 2 is 1.74 bits per heavy atom. The van der Waals surface area contributed by atoms with Crippen LogP contribution in [0.5, 0.6) is 5.75 Å². The summed E-state index contributed by atoms with van der Waals surface area (Å²) in [6, 6.07) is 4.29. The summed E-state index contributed by atoms with van der Waals surface area (Å²) in [5.74, 6) is 1.95. The predicted molar refractivity (Wildman–Crippen MR) is 98.2 cm³/mol. The number of benzene rings is 1. The van der Waals surface area contributed by atoms with Crippen molar-refractivity contribution in [2.45, 2.75) is 64.2 Å². The predicted octanol–water partition coefficient (Wildman–Crippen LogP) is 4.49. The van der Waals surface area contributed by atoms with Crippen molar-refractivity contribution in [3.8, 4) is 5.75 Å². The molecule has 1 aliphatic heterocycles. The van der Waals surface area contributed by atoms with Crippen molar-refractivity contribution in [3.05, 3.63) is 28.8 Å². The lowest BCUT2D eigenvalue weighted by atomic mass is 9.87. The van der Waals surface area contributed by atoms with Crippen molar-refractivity contribution in [1.82, 2.24) is 4.90 Å². The summed E-state index contributed by atoms with van der Waals surface area (Å²) in [5.41, 5.74) is 3.34. The molecule has 3 atom stereocenters. The second kappa shape index (κ2) is 7.61. The Morgan fingerprint density at radius 1 is 1.22 bits per heavy atom. The molecule has 4 heteroatoms. The number of carbonyl (C=O) groups excluding carboxylic acids is 1. The number of aromatic hydroxyl groups is 1. The van der Waals surface area contributed by atoms with Gasteiger partial charge >= 0.3 is 0 Å². The van der Waals surface area contributed by atoms with E-state index in [1.54, 1.807) is 11.8 Å². The Kier molecular flexibility index (Phi) is 6.01. The number of carbonyl (C=O) groups is 1. The van der Waals surface area contributed by atoms with Crippen molar-refractivity contribution in [2.24, 2.45) is 0 Å². The summed E-state index contributed by atoms with van der Waals surface area (Å²) in [7, 11) is 1.89. The third-order valence-electron chi connectivity index (χ3n) is 5.15. The molecule has 1 heterocycles. The van der Waals surface area contributed by atoms with Crippen molar-refractivity contribution in [3.63, 3.8) is 0 Å². The van der Waals surface area contributed by atoms with Crippen LogP contribution < -0.4 is 0 Å². The standard InChI is InChI=1S/C19H29NO2S/c1-6-12(3)15-8-14(9-16(19(15)22)13(4)7-2)10-18-20(5)17(21)11-23-18/h8-9,12-13,18,22H,6-7,10-11H2,1-5H3. The average molecular weight is 336 g/mol. The van der Waals surface area contributed by atoms with Crippen LogP contribution in [0.2, 0.25) is 0 Å². The molecule has 1 saturated heterocycles. The van der Waals surface area contributed by atoms with Gasteiger partial charge in [-0.2, -0.15) is 0 Å². The maximum Gasteiger partial charge on any atom is 0.233 e. The normalized spacial score (nSPS) is 20.8. The Labute approximate surface area is 144 Å².